The second-order valence-electron chi connectivity index (χ2n) is 4.89. The summed E-state index contributed by atoms with van der Waals surface area (Å²) < 4.78 is 33.9. The van der Waals surface area contributed by atoms with Gasteiger partial charge in [-0.25, -0.2) is 14.3 Å². The third kappa shape index (κ3) is 2.53. The Morgan fingerprint density at radius 3 is 3.14 bits per heavy atom. The Morgan fingerprint density at radius 1 is 1.67 bits per heavy atom. The van der Waals surface area contributed by atoms with Crippen molar-refractivity contribution in [3.8, 4) is 0 Å². The maximum atomic E-state index is 12.8. The highest BCUT2D eigenvalue weighted by Crippen LogP contribution is 2.27. The van der Waals surface area contributed by atoms with Gasteiger partial charge in [-0.1, -0.05) is 0 Å². The Kier molecular flexibility index (Phi) is 3.88. The van der Waals surface area contributed by atoms with E-state index in [0.717, 1.165) is 12.8 Å². The van der Waals surface area contributed by atoms with Crippen LogP contribution in [0.15, 0.2) is 16.6 Å². The minimum absolute atomic E-state index is 0.0510. The number of ether oxygens (including phenoxy) is 1. The molecule has 1 unspecified atom stereocenters. The number of nitrogen functional groups attached to an aromatic ring is 1. The number of likely N-dealkylation sites (N-methyl/N-ethyl adjacent to an activating group) is 1. The number of hydrogen-bond donors (Lipinski definition) is 2. The van der Waals surface area contributed by atoms with Crippen molar-refractivity contribution in [2.75, 3.05) is 25.6 Å². The average Bonchev–Trinajstić information content (AvgIpc) is 3.13. The van der Waals surface area contributed by atoms with Gasteiger partial charge in [0.25, 0.3) is 10.0 Å². The number of sulfonamides is 1. The van der Waals surface area contributed by atoms with E-state index in [1.165, 1.54) is 20.0 Å². The molecule has 0 aliphatic carbocycles. The Morgan fingerprint density at radius 2 is 2.48 bits per heavy atom. The summed E-state index contributed by atoms with van der Waals surface area (Å²) in [6.45, 7) is 1.01. The van der Waals surface area contributed by atoms with Crippen LogP contribution < -0.4 is 11.3 Å². The van der Waals surface area contributed by atoms with Crippen molar-refractivity contribution < 1.29 is 13.2 Å². The lowest BCUT2D eigenvalue weighted by atomic mass is 10.2. The molecular formula is C11H17N5O3S2. The molecule has 8 nitrogen and oxygen atoms in total. The molecule has 0 aromatic carbocycles. The fraction of sp³-hybridized carbons (Fsp3) is 0.545. The van der Waals surface area contributed by atoms with Crippen molar-refractivity contribution in [1.29, 1.82) is 0 Å². The van der Waals surface area contributed by atoms with E-state index in [2.05, 4.69) is 10.4 Å². The number of anilines is 1. The molecule has 0 radical (unpaired) electrons. The molecule has 116 valence electrons. The van der Waals surface area contributed by atoms with Gasteiger partial charge in [0.1, 0.15) is 0 Å². The van der Waals surface area contributed by atoms with E-state index >= 15 is 0 Å². The minimum Gasteiger partial charge on any atom is -0.377 e. The van der Waals surface area contributed by atoms with Gasteiger partial charge in [0.2, 0.25) is 5.03 Å². The topological polar surface area (TPSA) is 102 Å². The summed E-state index contributed by atoms with van der Waals surface area (Å²) in [7, 11) is -2.16. The van der Waals surface area contributed by atoms with Crippen molar-refractivity contribution in [2.45, 2.75) is 24.0 Å². The number of nitrogens with two attached hydrogens (primary N) is 1. The number of nitrogens with one attached hydrogen (secondary N) is 1. The van der Waals surface area contributed by atoms with Gasteiger partial charge in [-0.15, -0.1) is 11.3 Å². The molecule has 3 N–H and O–H groups in total. The van der Waals surface area contributed by atoms with E-state index in [9.17, 15) is 8.42 Å². The van der Waals surface area contributed by atoms with Crippen LogP contribution in [0.1, 0.15) is 12.8 Å². The van der Waals surface area contributed by atoms with Crippen LogP contribution in [0.2, 0.25) is 0 Å². The largest absolute Gasteiger partial charge is 0.377 e. The summed E-state index contributed by atoms with van der Waals surface area (Å²) in [6, 6.07) is 0. The van der Waals surface area contributed by atoms with Gasteiger partial charge >= 0.3 is 0 Å². The van der Waals surface area contributed by atoms with Crippen molar-refractivity contribution in [2.24, 2.45) is 5.84 Å². The van der Waals surface area contributed by atoms with Crippen LogP contribution in [0.25, 0.3) is 4.96 Å². The van der Waals surface area contributed by atoms with E-state index in [1.54, 1.807) is 18.6 Å². The Balaban J connectivity index is 1.96. The van der Waals surface area contributed by atoms with Gasteiger partial charge < -0.3 is 10.2 Å². The van der Waals surface area contributed by atoms with Crippen LogP contribution in [0.5, 0.6) is 0 Å². The number of nitrogens with zero attached hydrogens (tertiary/aromatic N) is 3. The maximum absolute atomic E-state index is 12.8. The van der Waals surface area contributed by atoms with Crippen molar-refractivity contribution in [3.63, 3.8) is 0 Å². The lowest BCUT2D eigenvalue weighted by molar-refractivity contribution is 0.0978. The average molecular weight is 331 g/mol. The predicted octanol–water partition coefficient (Wildman–Crippen LogP) is 0.481. The normalized spacial score (nSPS) is 19.7. The zero-order chi connectivity index (χ0) is 15.0. The van der Waals surface area contributed by atoms with E-state index in [-0.39, 0.29) is 16.9 Å². The first-order chi connectivity index (χ1) is 10.0. The molecule has 3 rings (SSSR count). The number of hydrazine groups is 1. The lowest BCUT2D eigenvalue weighted by Crippen LogP contribution is -2.35. The molecule has 0 saturated carbocycles. The summed E-state index contributed by atoms with van der Waals surface area (Å²) in [5.41, 5.74) is 2.36. The molecule has 1 atom stereocenters. The highest BCUT2D eigenvalue weighted by atomic mass is 32.2. The molecule has 21 heavy (non-hydrogen) atoms. The van der Waals surface area contributed by atoms with Crippen LogP contribution in [-0.2, 0) is 14.8 Å². The first-order valence-corrected chi connectivity index (χ1v) is 8.86. The predicted molar refractivity (Wildman–Crippen MR) is 79.7 cm³/mol. The van der Waals surface area contributed by atoms with Gasteiger partial charge in [-0.05, 0) is 12.8 Å². The highest BCUT2D eigenvalue weighted by molar-refractivity contribution is 7.89. The molecule has 0 spiro atoms. The van der Waals surface area contributed by atoms with Crippen LogP contribution in [-0.4, -0.2) is 48.4 Å². The number of fused-ring (bicyclic) bond motifs is 1. The number of rotatable bonds is 5. The molecule has 0 amide bonds. The summed E-state index contributed by atoms with van der Waals surface area (Å²) in [5.74, 6) is 5.56. The Bertz CT molecular complexity index is 732. The quantitative estimate of drug-likeness (QED) is 0.610. The second kappa shape index (κ2) is 5.54. The maximum Gasteiger partial charge on any atom is 0.262 e. The van der Waals surface area contributed by atoms with Gasteiger partial charge in [0, 0.05) is 31.8 Å². The summed E-state index contributed by atoms with van der Waals surface area (Å²) in [6.07, 6.45) is 3.46. The van der Waals surface area contributed by atoms with Gasteiger partial charge in [0.15, 0.2) is 10.8 Å². The van der Waals surface area contributed by atoms with E-state index < -0.39 is 10.0 Å². The van der Waals surface area contributed by atoms with Gasteiger partial charge in [0.05, 0.1) is 6.10 Å². The fourth-order valence-corrected chi connectivity index (χ4v) is 4.60. The third-order valence-corrected chi connectivity index (χ3v) is 6.10. The van der Waals surface area contributed by atoms with Crippen LogP contribution in [0.4, 0.5) is 5.82 Å². The Labute approximate surface area is 126 Å². The summed E-state index contributed by atoms with van der Waals surface area (Å²) in [5, 5.41) is 1.84. The lowest BCUT2D eigenvalue weighted by Gasteiger charge is -2.20. The first kappa shape index (κ1) is 14.7. The SMILES string of the molecule is CN(CC1CCCO1)S(=O)(=O)c1c(NN)nc2sccn12. The molecule has 2 aromatic rings. The molecule has 3 heterocycles. The smallest absolute Gasteiger partial charge is 0.262 e. The molecule has 1 fully saturated rings. The molecule has 10 heteroatoms. The highest BCUT2D eigenvalue weighted by Gasteiger charge is 2.32. The van der Waals surface area contributed by atoms with Crippen molar-refractivity contribution in [1.82, 2.24) is 13.7 Å². The molecule has 0 bridgehead atoms. The number of imidazole rings is 1. The molecular weight excluding hydrogens is 314 g/mol. The molecule has 1 saturated heterocycles. The van der Waals surface area contributed by atoms with Crippen LogP contribution >= 0.6 is 11.3 Å². The Hall–Kier alpha value is -1.20. The fourth-order valence-electron chi connectivity index (χ4n) is 2.43. The minimum atomic E-state index is -3.70. The summed E-state index contributed by atoms with van der Waals surface area (Å²) >= 11 is 1.35. The zero-order valence-corrected chi connectivity index (χ0v) is 13.2. The van der Waals surface area contributed by atoms with Crippen LogP contribution in [0, 0.1) is 0 Å². The van der Waals surface area contributed by atoms with E-state index in [0.29, 0.717) is 18.1 Å². The zero-order valence-electron chi connectivity index (χ0n) is 11.5. The van der Waals surface area contributed by atoms with Crippen molar-refractivity contribution in [3.05, 3.63) is 11.6 Å². The first-order valence-electron chi connectivity index (χ1n) is 6.54. The molecule has 1 aliphatic rings. The van der Waals surface area contributed by atoms with E-state index in [4.69, 9.17) is 10.6 Å². The standard InChI is InChI=1S/C11H17N5O3S2/c1-15(7-8-3-2-5-19-8)21(17,18)10-9(14-12)13-11-16(10)4-6-20-11/h4,6,8,14H,2-3,5,7,12H2,1H3. The van der Waals surface area contributed by atoms with Gasteiger partial charge in [-0.2, -0.15) is 9.29 Å². The summed E-state index contributed by atoms with van der Waals surface area (Å²) in [4.78, 5) is 4.76. The number of aromatic nitrogens is 2. The van der Waals surface area contributed by atoms with Gasteiger partial charge in [-0.3, -0.25) is 4.40 Å². The number of thiazole rings is 1. The molecule has 1 aliphatic heterocycles. The van der Waals surface area contributed by atoms with Crippen LogP contribution in [0.3, 0.4) is 0 Å². The van der Waals surface area contributed by atoms with E-state index in [1.807, 2.05) is 0 Å². The number of hydrogen-bond acceptors (Lipinski definition) is 7. The second-order valence-corrected chi connectivity index (χ2v) is 7.72. The monoisotopic (exact) mass is 331 g/mol. The third-order valence-electron chi connectivity index (χ3n) is 3.49. The van der Waals surface area contributed by atoms with Crippen molar-refractivity contribution >= 4 is 32.1 Å². The molecule has 2 aromatic heterocycles.